The Morgan fingerprint density at radius 2 is 2.32 bits per heavy atom. The predicted octanol–water partition coefficient (Wildman–Crippen LogP) is 1.83. The van der Waals surface area contributed by atoms with E-state index in [0.717, 1.165) is 17.3 Å². The molecule has 8 nitrogen and oxygen atoms in total. The van der Waals surface area contributed by atoms with E-state index in [0.29, 0.717) is 23.5 Å². The molecule has 28 heavy (non-hydrogen) atoms. The van der Waals surface area contributed by atoms with Gasteiger partial charge in [0.2, 0.25) is 5.91 Å². The largest absolute Gasteiger partial charge is 0.493 e. The third kappa shape index (κ3) is 5.62. The SMILES string of the molecule is C#CCOc1c(CC=C)cc(C=NN=C2NC(=O)C(CC(=O)O)S2)cc1OC. The molecule has 1 aromatic carbocycles. The van der Waals surface area contributed by atoms with Crippen LogP contribution in [-0.4, -0.2) is 47.3 Å². The number of carboxylic acid groups (broad SMARTS) is 1. The Morgan fingerprint density at radius 1 is 1.54 bits per heavy atom. The number of allylic oxidation sites excluding steroid dienone is 1. The molecule has 1 amide bonds. The number of hydrogen-bond donors (Lipinski definition) is 2. The second-order valence-corrected chi connectivity index (χ2v) is 6.73. The molecule has 0 spiro atoms. The summed E-state index contributed by atoms with van der Waals surface area (Å²) in [6.45, 7) is 3.84. The van der Waals surface area contributed by atoms with Gasteiger partial charge in [0.25, 0.3) is 0 Å². The summed E-state index contributed by atoms with van der Waals surface area (Å²) in [6, 6.07) is 3.56. The molecular formula is C19H19N3O5S. The number of aliphatic carboxylic acids is 1. The predicted molar refractivity (Wildman–Crippen MR) is 108 cm³/mol. The van der Waals surface area contributed by atoms with E-state index in [2.05, 4.69) is 28.0 Å². The minimum Gasteiger partial charge on any atom is -0.493 e. The van der Waals surface area contributed by atoms with Crippen molar-refractivity contribution in [1.29, 1.82) is 0 Å². The van der Waals surface area contributed by atoms with Crippen molar-refractivity contribution in [3.05, 3.63) is 35.9 Å². The summed E-state index contributed by atoms with van der Waals surface area (Å²) in [4.78, 5) is 22.4. The van der Waals surface area contributed by atoms with E-state index in [1.54, 1.807) is 12.1 Å². The smallest absolute Gasteiger partial charge is 0.305 e. The van der Waals surface area contributed by atoms with Crippen LogP contribution in [0.4, 0.5) is 0 Å². The summed E-state index contributed by atoms with van der Waals surface area (Å²) in [5.74, 6) is 2.00. The average Bonchev–Trinajstić information content (AvgIpc) is 2.99. The number of rotatable bonds is 9. The molecule has 0 aliphatic carbocycles. The van der Waals surface area contributed by atoms with Crippen molar-refractivity contribution >= 4 is 35.0 Å². The Balaban J connectivity index is 2.20. The van der Waals surface area contributed by atoms with E-state index < -0.39 is 17.1 Å². The fraction of sp³-hybridized carbons (Fsp3) is 0.263. The van der Waals surface area contributed by atoms with Gasteiger partial charge >= 0.3 is 5.97 Å². The summed E-state index contributed by atoms with van der Waals surface area (Å²) >= 11 is 1.03. The van der Waals surface area contributed by atoms with Gasteiger partial charge in [-0.05, 0) is 24.1 Å². The molecule has 2 rings (SSSR count). The van der Waals surface area contributed by atoms with Crippen LogP contribution in [-0.2, 0) is 16.0 Å². The van der Waals surface area contributed by atoms with Gasteiger partial charge in [-0.25, -0.2) is 0 Å². The van der Waals surface area contributed by atoms with Crippen molar-refractivity contribution in [3.8, 4) is 23.8 Å². The lowest BCUT2D eigenvalue weighted by Crippen LogP contribution is -2.26. The van der Waals surface area contributed by atoms with Gasteiger partial charge in [0.05, 0.1) is 19.7 Å². The van der Waals surface area contributed by atoms with Crippen molar-refractivity contribution in [3.63, 3.8) is 0 Å². The lowest BCUT2D eigenvalue weighted by Gasteiger charge is -2.14. The summed E-state index contributed by atoms with van der Waals surface area (Å²) in [5.41, 5.74) is 1.52. The molecule has 9 heteroatoms. The van der Waals surface area contributed by atoms with Gasteiger partial charge in [-0.1, -0.05) is 23.8 Å². The monoisotopic (exact) mass is 401 g/mol. The molecule has 0 saturated carbocycles. The number of ether oxygens (including phenoxy) is 2. The third-order valence-corrected chi connectivity index (χ3v) is 4.60. The molecule has 1 aliphatic rings. The first-order valence-corrected chi connectivity index (χ1v) is 9.04. The van der Waals surface area contributed by atoms with Gasteiger partial charge in [-0.3, -0.25) is 9.59 Å². The number of carbonyl (C=O) groups excluding carboxylic acids is 1. The van der Waals surface area contributed by atoms with E-state index >= 15 is 0 Å². The van der Waals surface area contributed by atoms with E-state index in [4.69, 9.17) is 21.0 Å². The second-order valence-electron chi connectivity index (χ2n) is 5.54. The van der Waals surface area contributed by atoms with Crippen LogP contribution in [0.5, 0.6) is 11.5 Å². The molecule has 2 N–H and O–H groups in total. The van der Waals surface area contributed by atoms with Crippen LogP contribution >= 0.6 is 11.8 Å². The number of amidine groups is 1. The Morgan fingerprint density at radius 3 is 2.96 bits per heavy atom. The van der Waals surface area contributed by atoms with Crippen molar-refractivity contribution in [2.24, 2.45) is 10.2 Å². The van der Waals surface area contributed by atoms with Crippen LogP contribution in [0.3, 0.4) is 0 Å². The molecule has 1 saturated heterocycles. The third-order valence-electron chi connectivity index (χ3n) is 3.53. The number of nitrogens with zero attached hydrogens (tertiary/aromatic N) is 2. The molecular weight excluding hydrogens is 382 g/mol. The Labute approximate surface area is 166 Å². The van der Waals surface area contributed by atoms with Gasteiger partial charge in [0.15, 0.2) is 16.7 Å². The maximum atomic E-state index is 11.7. The fourth-order valence-corrected chi connectivity index (χ4v) is 3.30. The topological polar surface area (TPSA) is 110 Å². The van der Waals surface area contributed by atoms with Crippen LogP contribution in [0.2, 0.25) is 0 Å². The fourth-order valence-electron chi connectivity index (χ4n) is 2.39. The minimum atomic E-state index is -1.05. The number of hydrogen-bond acceptors (Lipinski definition) is 7. The molecule has 0 aromatic heterocycles. The van der Waals surface area contributed by atoms with Crippen molar-refractivity contribution in [1.82, 2.24) is 5.32 Å². The number of nitrogens with one attached hydrogen (secondary N) is 1. The van der Waals surface area contributed by atoms with E-state index in [1.165, 1.54) is 13.3 Å². The highest BCUT2D eigenvalue weighted by molar-refractivity contribution is 8.15. The van der Waals surface area contributed by atoms with Crippen molar-refractivity contribution < 1.29 is 24.2 Å². The number of carbonyl (C=O) groups is 2. The Hall–Kier alpha value is -3.25. The Kier molecular flexibility index (Phi) is 7.65. The van der Waals surface area contributed by atoms with E-state index in [1.807, 2.05) is 6.07 Å². The molecule has 0 radical (unpaired) electrons. The van der Waals surface area contributed by atoms with Crippen LogP contribution in [0, 0.1) is 12.3 Å². The lowest BCUT2D eigenvalue weighted by atomic mass is 10.1. The minimum absolute atomic E-state index is 0.107. The highest BCUT2D eigenvalue weighted by Gasteiger charge is 2.32. The first-order chi connectivity index (χ1) is 13.5. The normalized spacial score (nSPS) is 17.4. The maximum Gasteiger partial charge on any atom is 0.305 e. The molecule has 1 atom stereocenters. The van der Waals surface area contributed by atoms with Gasteiger partial charge in [0, 0.05) is 5.56 Å². The second kappa shape index (κ2) is 10.2. The van der Waals surface area contributed by atoms with Gasteiger partial charge in [0.1, 0.15) is 11.9 Å². The summed E-state index contributed by atoms with van der Waals surface area (Å²) < 4.78 is 10.9. The Bertz CT molecular complexity index is 873. The highest BCUT2D eigenvalue weighted by Crippen LogP contribution is 2.33. The highest BCUT2D eigenvalue weighted by atomic mass is 32.2. The first-order valence-electron chi connectivity index (χ1n) is 8.16. The molecule has 0 bridgehead atoms. The molecule has 1 aromatic rings. The quantitative estimate of drug-likeness (QED) is 0.283. The lowest BCUT2D eigenvalue weighted by molar-refractivity contribution is -0.138. The van der Waals surface area contributed by atoms with Crippen LogP contribution in [0.15, 0.2) is 35.0 Å². The molecule has 1 fully saturated rings. The van der Waals surface area contributed by atoms with Gasteiger partial charge in [-0.2, -0.15) is 5.10 Å². The van der Waals surface area contributed by atoms with Gasteiger partial charge < -0.3 is 19.9 Å². The number of carboxylic acids is 1. The van der Waals surface area contributed by atoms with Crippen LogP contribution in [0.25, 0.3) is 0 Å². The first kappa shape index (κ1) is 21.1. The van der Waals surface area contributed by atoms with Crippen LogP contribution < -0.4 is 14.8 Å². The van der Waals surface area contributed by atoms with Crippen molar-refractivity contribution in [2.45, 2.75) is 18.1 Å². The number of amides is 1. The summed E-state index contributed by atoms with van der Waals surface area (Å²) in [7, 11) is 1.52. The summed E-state index contributed by atoms with van der Waals surface area (Å²) in [6.07, 6.45) is 8.74. The molecule has 1 heterocycles. The molecule has 1 aliphatic heterocycles. The zero-order chi connectivity index (χ0) is 20.5. The van der Waals surface area contributed by atoms with Gasteiger partial charge in [-0.15, -0.1) is 18.1 Å². The number of thioether (sulfide) groups is 1. The number of terminal acetylenes is 1. The van der Waals surface area contributed by atoms with E-state index in [-0.39, 0.29) is 18.2 Å². The van der Waals surface area contributed by atoms with E-state index in [9.17, 15) is 9.59 Å². The molecule has 146 valence electrons. The zero-order valence-electron chi connectivity index (χ0n) is 15.2. The standard InChI is InChI=1S/C19H19N3O5S/c1-4-6-13-8-12(9-14(26-3)17(13)27-7-5-2)11-20-22-19-21-18(25)15(28-19)10-16(23)24/h2,4,8-9,11,15H,1,6-7,10H2,3H3,(H,23,24)(H,21,22,25). The number of benzene rings is 1. The van der Waals surface area contributed by atoms with Crippen molar-refractivity contribution in [2.75, 3.05) is 13.7 Å². The maximum absolute atomic E-state index is 11.7. The zero-order valence-corrected chi connectivity index (χ0v) is 16.0. The average molecular weight is 401 g/mol. The summed E-state index contributed by atoms with van der Waals surface area (Å²) in [5, 5.41) is 18.7. The molecule has 1 unspecified atom stereocenters. The van der Waals surface area contributed by atoms with Crippen LogP contribution in [0.1, 0.15) is 17.5 Å². The number of methoxy groups -OCH3 is 1.